The predicted octanol–water partition coefficient (Wildman–Crippen LogP) is 0.871. The van der Waals surface area contributed by atoms with E-state index in [1.807, 2.05) is 0 Å². The Morgan fingerprint density at radius 3 is 3.00 bits per heavy atom. The zero-order chi connectivity index (χ0) is 6.81. The maximum atomic E-state index is 5.47. The third kappa shape index (κ3) is 1.18. The summed E-state index contributed by atoms with van der Waals surface area (Å²) in [5, 5.41) is 0. The fourth-order valence-electron chi connectivity index (χ4n) is 1.72. The van der Waals surface area contributed by atoms with Crippen LogP contribution in [0, 0.1) is 0 Å². The van der Waals surface area contributed by atoms with Gasteiger partial charge in [0, 0.05) is 19.2 Å². The van der Waals surface area contributed by atoms with Gasteiger partial charge in [0.15, 0.2) is 0 Å². The van der Waals surface area contributed by atoms with Gasteiger partial charge in [-0.15, -0.1) is 0 Å². The summed E-state index contributed by atoms with van der Waals surface area (Å²) >= 11 is 0. The lowest BCUT2D eigenvalue weighted by Gasteiger charge is -2.42. The van der Waals surface area contributed by atoms with E-state index in [9.17, 15) is 0 Å². The SMILES string of the molecule is C1CCN2CCC2COC1. The topological polar surface area (TPSA) is 12.5 Å². The Balaban J connectivity index is 1.83. The highest BCUT2D eigenvalue weighted by Gasteiger charge is 2.27. The van der Waals surface area contributed by atoms with E-state index in [1.54, 1.807) is 0 Å². The molecule has 0 aromatic carbocycles. The van der Waals surface area contributed by atoms with Gasteiger partial charge in [-0.1, -0.05) is 0 Å². The van der Waals surface area contributed by atoms with Gasteiger partial charge in [0.05, 0.1) is 6.61 Å². The zero-order valence-electron chi connectivity index (χ0n) is 6.38. The van der Waals surface area contributed by atoms with E-state index in [4.69, 9.17) is 4.74 Å². The van der Waals surface area contributed by atoms with Crippen molar-refractivity contribution in [2.45, 2.75) is 25.3 Å². The molecule has 0 radical (unpaired) electrons. The molecule has 2 aliphatic rings. The fraction of sp³-hybridized carbons (Fsp3) is 1.00. The highest BCUT2D eigenvalue weighted by molar-refractivity contribution is 4.82. The summed E-state index contributed by atoms with van der Waals surface area (Å²) in [6.07, 6.45) is 3.94. The third-order valence-electron chi connectivity index (χ3n) is 2.56. The summed E-state index contributed by atoms with van der Waals surface area (Å²) < 4.78 is 5.47. The molecule has 0 N–H and O–H groups in total. The van der Waals surface area contributed by atoms with Crippen LogP contribution in [0.25, 0.3) is 0 Å². The average molecular weight is 141 g/mol. The normalized spacial score (nSPS) is 35.4. The molecule has 2 saturated heterocycles. The molecule has 2 aliphatic heterocycles. The van der Waals surface area contributed by atoms with Gasteiger partial charge in [-0.3, -0.25) is 4.90 Å². The van der Waals surface area contributed by atoms with Crippen LogP contribution in [-0.4, -0.2) is 37.2 Å². The molecular formula is C8H15NO. The van der Waals surface area contributed by atoms with Gasteiger partial charge in [0.1, 0.15) is 0 Å². The Labute approximate surface area is 62.2 Å². The summed E-state index contributed by atoms with van der Waals surface area (Å²) in [5.41, 5.74) is 0. The minimum absolute atomic E-state index is 0.778. The van der Waals surface area contributed by atoms with Gasteiger partial charge in [-0.25, -0.2) is 0 Å². The Kier molecular flexibility index (Phi) is 1.91. The molecule has 1 atom stereocenters. The van der Waals surface area contributed by atoms with Crippen LogP contribution in [0.5, 0.6) is 0 Å². The van der Waals surface area contributed by atoms with Crippen molar-refractivity contribution < 1.29 is 4.74 Å². The Bertz CT molecular complexity index is 102. The van der Waals surface area contributed by atoms with Crippen LogP contribution in [0.3, 0.4) is 0 Å². The first kappa shape index (κ1) is 6.62. The summed E-state index contributed by atoms with van der Waals surface area (Å²) in [5.74, 6) is 0. The third-order valence-corrected chi connectivity index (χ3v) is 2.56. The van der Waals surface area contributed by atoms with E-state index in [0.29, 0.717) is 0 Å². The molecule has 2 heterocycles. The van der Waals surface area contributed by atoms with Crippen molar-refractivity contribution in [1.29, 1.82) is 0 Å². The highest BCUT2D eigenvalue weighted by atomic mass is 16.5. The van der Waals surface area contributed by atoms with Crippen LogP contribution in [0.15, 0.2) is 0 Å². The number of hydrogen-bond acceptors (Lipinski definition) is 2. The van der Waals surface area contributed by atoms with Gasteiger partial charge in [-0.2, -0.15) is 0 Å². The van der Waals surface area contributed by atoms with E-state index >= 15 is 0 Å². The van der Waals surface area contributed by atoms with Crippen LogP contribution in [0.4, 0.5) is 0 Å². The van der Waals surface area contributed by atoms with Crippen LogP contribution >= 0.6 is 0 Å². The molecule has 2 heteroatoms. The quantitative estimate of drug-likeness (QED) is 0.496. The highest BCUT2D eigenvalue weighted by Crippen LogP contribution is 2.19. The molecule has 2 nitrogen and oxygen atoms in total. The molecule has 0 bridgehead atoms. The molecule has 1 unspecified atom stereocenters. The van der Waals surface area contributed by atoms with E-state index in [2.05, 4.69) is 4.90 Å². The molecular weight excluding hydrogens is 126 g/mol. The number of fused-ring (bicyclic) bond motifs is 1. The maximum Gasteiger partial charge on any atom is 0.0622 e. The molecule has 58 valence electrons. The number of rotatable bonds is 0. The smallest absolute Gasteiger partial charge is 0.0622 e. The fourth-order valence-corrected chi connectivity index (χ4v) is 1.72. The second-order valence-corrected chi connectivity index (χ2v) is 3.26. The number of hydrogen-bond donors (Lipinski definition) is 0. The molecule has 2 rings (SSSR count). The van der Waals surface area contributed by atoms with Crippen molar-refractivity contribution in [1.82, 2.24) is 4.90 Å². The first-order valence-electron chi connectivity index (χ1n) is 4.28. The molecule has 10 heavy (non-hydrogen) atoms. The summed E-state index contributed by atoms with van der Waals surface area (Å²) in [7, 11) is 0. The van der Waals surface area contributed by atoms with Crippen molar-refractivity contribution in [3.63, 3.8) is 0 Å². The second-order valence-electron chi connectivity index (χ2n) is 3.26. The van der Waals surface area contributed by atoms with Gasteiger partial charge in [-0.05, 0) is 25.8 Å². The summed E-state index contributed by atoms with van der Waals surface area (Å²) in [6, 6.07) is 0.778. The molecule has 2 fully saturated rings. The van der Waals surface area contributed by atoms with Crippen LogP contribution in [0.2, 0.25) is 0 Å². The van der Waals surface area contributed by atoms with Gasteiger partial charge < -0.3 is 4.74 Å². The lowest BCUT2D eigenvalue weighted by Crippen LogP contribution is -2.51. The van der Waals surface area contributed by atoms with E-state index < -0.39 is 0 Å². The average Bonchev–Trinajstić information content (AvgIpc) is 1.89. The second kappa shape index (κ2) is 2.89. The van der Waals surface area contributed by atoms with Crippen molar-refractivity contribution in [2.75, 3.05) is 26.3 Å². The lowest BCUT2D eigenvalue weighted by molar-refractivity contribution is -0.0131. The van der Waals surface area contributed by atoms with Crippen molar-refractivity contribution in [3.8, 4) is 0 Å². The largest absolute Gasteiger partial charge is 0.380 e. The van der Waals surface area contributed by atoms with Crippen molar-refractivity contribution in [3.05, 3.63) is 0 Å². The monoisotopic (exact) mass is 141 g/mol. The number of nitrogens with zero attached hydrogens (tertiary/aromatic N) is 1. The molecule has 0 amide bonds. The first-order valence-corrected chi connectivity index (χ1v) is 4.28. The first-order chi connectivity index (χ1) is 4.97. The van der Waals surface area contributed by atoms with Gasteiger partial charge in [0.25, 0.3) is 0 Å². The summed E-state index contributed by atoms with van der Waals surface area (Å²) in [6.45, 7) is 4.60. The minimum atomic E-state index is 0.778. The lowest BCUT2D eigenvalue weighted by atomic mass is 10.0. The molecule has 0 aliphatic carbocycles. The van der Waals surface area contributed by atoms with E-state index in [1.165, 1.54) is 32.4 Å². The molecule has 0 aromatic heterocycles. The Morgan fingerprint density at radius 1 is 1.20 bits per heavy atom. The Morgan fingerprint density at radius 2 is 2.20 bits per heavy atom. The summed E-state index contributed by atoms with van der Waals surface area (Å²) in [4.78, 5) is 2.54. The van der Waals surface area contributed by atoms with Crippen molar-refractivity contribution in [2.24, 2.45) is 0 Å². The van der Waals surface area contributed by atoms with Gasteiger partial charge in [0.2, 0.25) is 0 Å². The van der Waals surface area contributed by atoms with Gasteiger partial charge >= 0.3 is 0 Å². The zero-order valence-corrected chi connectivity index (χ0v) is 6.38. The maximum absolute atomic E-state index is 5.47. The molecule has 0 saturated carbocycles. The number of ether oxygens (including phenoxy) is 1. The Hall–Kier alpha value is -0.0800. The predicted molar refractivity (Wildman–Crippen MR) is 40.0 cm³/mol. The van der Waals surface area contributed by atoms with E-state index in [-0.39, 0.29) is 0 Å². The van der Waals surface area contributed by atoms with Crippen LogP contribution in [0.1, 0.15) is 19.3 Å². The molecule has 0 aromatic rings. The standard InChI is InChI=1S/C8H15NO/c1-2-6-10-7-8-3-5-9(8)4-1/h8H,1-7H2. The van der Waals surface area contributed by atoms with Crippen molar-refractivity contribution >= 4 is 0 Å². The van der Waals surface area contributed by atoms with Crippen LogP contribution in [-0.2, 0) is 4.74 Å². The van der Waals surface area contributed by atoms with E-state index in [0.717, 1.165) is 19.3 Å². The minimum Gasteiger partial charge on any atom is -0.380 e. The molecule has 0 spiro atoms. The van der Waals surface area contributed by atoms with Crippen LogP contribution < -0.4 is 0 Å².